The molecule has 3 atom stereocenters. The first-order valence-electron chi connectivity index (χ1n) is 7.75. The third-order valence-corrected chi connectivity index (χ3v) is 4.63. The Morgan fingerprint density at radius 1 is 1.33 bits per heavy atom. The fourth-order valence-corrected chi connectivity index (χ4v) is 3.32. The summed E-state index contributed by atoms with van der Waals surface area (Å²) >= 11 is 0. The lowest BCUT2D eigenvalue weighted by Crippen LogP contribution is -2.41. The van der Waals surface area contributed by atoms with Gasteiger partial charge in [-0.05, 0) is 32.3 Å². The summed E-state index contributed by atoms with van der Waals surface area (Å²) in [5.41, 5.74) is 0.367. The molecule has 0 bridgehead atoms. The van der Waals surface area contributed by atoms with Crippen LogP contribution in [0.25, 0.3) is 0 Å². The van der Waals surface area contributed by atoms with E-state index in [0.29, 0.717) is 25.9 Å². The Balaban J connectivity index is 2.32. The number of nitrogens with zero attached hydrogens (tertiary/aromatic N) is 1. The van der Waals surface area contributed by atoms with E-state index in [0.717, 1.165) is 5.56 Å². The van der Waals surface area contributed by atoms with Crippen LogP contribution in [0, 0.1) is 5.92 Å². The molecule has 0 unspecified atom stereocenters. The molecule has 1 aliphatic rings. The van der Waals surface area contributed by atoms with Crippen molar-refractivity contribution in [3.05, 3.63) is 35.9 Å². The number of benzene rings is 1. The van der Waals surface area contributed by atoms with E-state index in [2.05, 4.69) is 0 Å². The lowest BCUT2D eigenvalue weighted by molar-refractivity contribution is -0.134. The highest BCUT2D eigenvalue weighted by Gasteiger charge is 2.64. The molecule has 1 aromatic rings. The number of hydrogen-bond donors (Lipinski definition) is 2. The molecule has 2 rings (SSSR count). The van der Waals surface area contributed by atoms with Crippen LogP contribution < -0.4 is 0 Å². The first-order valence-corrected chi connectivity index (χ1v) is 7.75. The maximum absolute atomic E-state index is 13.0. The number of likely N-dealkylation sites (N-methyl/N-ethyl adjacent to an activating group) is 1. The molecular formula is C17H25NO3. The maximum atomic E-state index is 13.0. The Labute approximate surface area is 126 Å². The molecule has 2 N–H and O–H groups in total. The van der Waals surface area contributed by atoms with Crippen LogP contribution in [-0.4, -0.2) is 46.8 Å². The summed E-state index contributed by atoms with van der Waals surface area (Å²) in [6, 6.07) is 9.72. The fraction of sp³-hybridized carbons (Fsp3) is 0.588. The highest BCUT2D eigenvalue weighted by atomic mass is 16.3. The topological polar surface area (TPSA) is 60.8 Å². The van der Waals surface area contributed by atoms with Gasteiger partial charge in [0.25, 0.3) is 0 Å². The third kappa shape index (κ3) is 2.83. The normalized spacial score (nSPS) is 25.4. The second-order valence-corrected chi connectivity index (χ2v) is 5.71. The van der Waals surface area contributed by atoms with Gasteiger partial charge in [-0.15, -0.1) is 0 Å². The van der Waals surface area contributed by atoms with Crippen LogP contribution in [0.15, 0.2) is 30.3 Å². The molecule has 4 heteroatoms. The Bertz CT molecular complexity index is 472. The van der Waals surface area contributed by atoms with Crippen molar-refractivity contribution in [2.45, 2.75) is 38.2 Å². The standard InChI is InChI=1S/C17H25NO3/c1-3-18(4-2)16(21)17(13-8-6-5-7-9-13)12-14(17)15(20)10-11-19/h5-9,14-15,19-20H,3-4,10-12H2,1-2H3/t14-,15-,17+/m0/s1. The molecular weight excluding hydrogens is 266 g/mol. The monoisotopic (exact) mass is 291 g/mol. The number of carbonyl (C=O) groups is 1. The fourth-order valence-electron chi connectivity index (χ4n) is 3.32. The van der Waals surface area contributed by atoms with Gasteiger partial charge in [0.2, 0.25) is 5.91 Å². The molecule has 1 aliphatic carbocycles. The predicted molar refractivity (Wildman–Crippen MR) is 81.9 cm³/mol. The third-order valence-electron chi connectivity index (χ3n) is 4.63. The van der Waals surface area contributed by atoms with Gasteiger partial charge < -0.3 is 15.1 Å². The van der Waals surface area contributed by atoms with E-state index in [-0.39, 0.29) is 18.4 Å². The molecule has 0 heterocycles. The Kier molecular flexibility index (Phi) is 5.01. The maximum Gasteiger partial charge on any atom is 0.233 e. The largest absolute Gasteiger partial charge is 0.396 e. The van der Waals surface area contributed by atoms with Gasteiger partial charge in [-0.2, -0.15) is 0 Å². The van der Waals surface area contributed by atoms with Crippen LogP contribution in [0.1, 0.15) is 32.3 Å². The lowest BCUT2D eigenvalue weighted by atomic mass is 9.89. The SMILES string of the molecule is CCN(CC)C(=O)[C@@]1(c2ccccc2)C[C@H]1[C@@H](O)CCO. The number of rotatable bonds is 7. The van der Waals surface area contributed by atoms with Crippen molar-refractivity contribution in [1.29, 1.82) is 0 Å². The van der Waals surface area contributed by atoms with Crippen LogP contribution >= 0.6 is 0 Å². The number of hydrogen-bond acceptors (Lipinski definition) is 3. The van der Waals surface area contributed by atoms with Crippen LogP contribution in [0.5, 0.6) is 0 Å². The number of carbonyl (C=O) groups excluding carboxylic acids is 1. The van der Waals surface area contributed by atoms with Gasteiger partial charge in [-0.1, -0.05) is 30.3 Å². The van der Waals surface area contributed by atoms with Crippen molar-refractivity contribution >= 4 is 5.91 Å². The molecule has 0 radical (unpaired) electrons. The van der Waals surface area contributed by atoms with Gasteiger partial charge in [-0.3, -0.25) is 4.79 Å². The Morgan fingerprint density at radius 3 is 2.48 bits per heavy atom. The summed E-state index contributed by atoms with van der Waals surface area (Å²) < 4.78 is 0. The molecule has 1 aromatic carbocycles. The molecule has 0 spiro atoms. The molecule has 21 heavy (non-hydrogen) atoms. The average Bonchev–Trinajstić information content (AvgIpc) is 3.26. The zero-order valence-corrected chi connectivity index (χ0v) is 12.8. The molecule has 0 saturated heterocycles. The van der Waals surface area contributed by atoms with E-state index in [1.165, 1.54) is 0 Å². The van der Waals surface area contributed by atoms with Gasteiger partial charge >= 0.3 is 0 Å². The van der Waals surface area contributed by atoms with Crippen LogP contribution in [0.2, 0.25) is 0 Å². The smallest absolute Gasteiger partial charge is 0.233 e. The first-order chi connectivity index (χ1) is 10.1. The van der Waals surface area contributed by atoms with E-state index in [1.807, 2.05) is 49.1 Å². The van der Waals surface area contributed by atoms with Gasteiger partial charge in [0.15, 0.2) is 0 Å². The van der Waals surface area contributed by atoms with E-state index in [4.69, 9.17) is 5.11 Å². The Morgan fingerprint density at radius 2 is 1.95 bits per heavy atom. The first kappa shape index (κ1) is 16.0. The second kappa shape index (κ2) is 6.58. The van der Waals surface area contributed by atoms with Crippen molar-refractivity contribution in [2.75, 3.05) is 19.7 Å². The highest BCUT2D eigenvalue weighted by Crippen LogP contribution is 2.57. The van der Waals surface area contributed by atoms with E-state index < -0.39 is 11.5 Å². The van der Waals surface area contributed by atoms with Crippen LogP contribution in [-0.2, 0) is 10.2 Å². The van der Waals surface area contributed by atoms with Crippen molar-refractivity contribution in [3.8, 4) is 0 Å². The number of aliphatic hydroxyl groups excluding tert-OH is 2. The van der Waals surface area contributed by atoms with Crippen LogP contribution in [0.3, 0.4) is 0 Å². The number of aliphatic hydroxyl groups is 2. The summed E-state index contributed by atoms with van der Waals surface area (Å²) in [5, 5.41) is 19.3. The minimum Gasteiger partial charge on any atom is -0.396 e. The van der Waals surface area contributed by atoms with Gasteiger partial charge in [-0.25, -0.2) is 0 Å². The van der Waals surface area contributed by atoms with E-state index in [9.17, 15) is 9.90 Å². The molecule has 1 saturated carbocycles. The van der Waals surface area contributed by atoms with E-state index >= 15 is 0 Å². The Hall–Kier alpha value is -1.39. The van der Waals surface area contributed by atoms with E-state index in [1.54, 1.807) is 0 Å². The summed E-state index contributed by atoms with van der Waals surface area (Å²) in [7, 11) is 0. The summed E-state index contributed by atoms with van der Waals surface area (Å²) in [6.07, 6.45) is 0.355. The molecule has 1 amide bonds. The lowest BCUT2D eigenvalue weighted by Gasteiger charge is -2.27. The summed E-state index contributed by atoms with van der Waals surface area (Å²) in [4.78, 5) is 14.8. The minimum absolute atomic E-state index is 0.0536. The van der Waals surface area contributed by atoms with Crippen molar-refractivity contribution < 1.29 is 15.0 Å². The van der Waals surface area contributed by atoms with Crippen LogP contribution in [0.4, 0.5) is 0 Å². The van der Waals surface area contributed by atoms with Crippen molar-refractivity contribution in [3.63, 3.8) is 0 Å². The molecule has 1 fully saturated rings. The average molecular weight is 291 g/mol. The van der Waals surface area contributed by atoms with Gasteiger partial charge in [0, 0.05) is 25.6 Å². The zero-order valence-electron chi connectivity index (χ0n) is 12.8. The quantitative estimate of drug-likeness (QED) is 0.801. The van der Waals surface area contributed by atoms with Gasteiger partial charge in [0.1, 0.15) is 0 Å². The van der Waals surface area contributed by atoms with Gasteiger partial charge in [0.05, 0.1) is 11.5 Å². The van der Waals surface area contributed by atoms with Crippen molar-refractivity contribution in [2.24, 2.45) is 5.92 Å². The van der Waals surface area contributed by atoms with Crippen molar-refractivity contribution in [1.82, 2.24) is 4.90 Å². The second-order valence-electron chi connectivity index (χ2n) is 5.71. The molecule has 0 aliphatic heterocycles. The predicted octanol–water partition coefficient (Wildman–Crippen LogP) is 1.56. The number of amides is 1. The summed E-state index contributed by atoms with van der Waals surface area (Å²) in [5.74, 6) is 0.000778. The molecule has 0 aromatic heterocycles. The zero-order chi connectivity index (χ0) is 15.5. The molecule has 4 nitrogen and oxygen atoms in total. The molecule has 116 valence electrons. The highest BCUT2D eigenvalue weighted by molar-refractivity contribution is 5.92. The minimum atomic E-state index is -0.630. The summed E-state index contributed by atoms with van der Waals surface area (Å²) in [6.45, 7) is 5.24.